The third kappa shape index (κ3) is 4.47. The highest BCUT2D eigenvalue weighted by molar-refractivity contribution is 5.89. The SMILES string of the molecule is CCOC(=O)c1ccc(N2CCC(OC3CCCCC3)CC2)nc1. The molecule has 3 rings (SSSR count). The first-order chi connectivity index (χ1) is 11.8. The lowest BCUT2D eigenvalue weighted by molar-refractivity contribution is -0.0395. The second-order valence-electron chi connectivity index (χ2n) is 6.71. The van der Waals surface area contributed by atoms with Gasteiger partial charge in [0.2, 0.25) is 0 Å². The number of rotatable bonds is 5. The second kappa shape index (κ2) is 8.47. The summed E-state index contributed by atoms with van der Waals surface area (Å²) in [5, 5.41) is 0. The molecule has 1 aromatic heterocycles. The number of hydrogen-bond acceptors (Lipinski definition) is 5. The van der Waals surface area contributed by atoms with Crippen LogP contribution in [0.3, 0.4) is 0 Å². The molecular formula is C19H28N2O3. The standard InChI is InChI=1S/C19H28N2O3/c1-2-23-19(22)15-8-9-18(20-14-15)21-12-10-17(11-13-21)24-16-6-4-3-5-7-16/h8-9,14,16-17H,2-7,10-13H2,1H3. The average Bonchev–Trinajstić information content (AvgIpc) is 2.64. The molecule has 0 atom stereocenters. The first-order valence-corrected chi connectivity index (χ1v) is 9.30. The van der Waals surface area contributed by atoms with Gasteiger partial charge in [0.15, 0.2) is 0 Å². The fourth-order valence-electron chi connectivity index (χ4n) is 3.60. The molecule has 1 aliphatic heterocycles. The van der Waals surface area contributed by atoms with Gasteiger partial charge >= 0.3 is 5.97 Å². The number of carbonyl (C=O) groups excluding carboxylic acids is 1. The molecule has 2 aliphatic rings. The van der Waals surface area contributed by atoms with Crippen LogP contribution in [0, 0.1) is 0 Å². The van der Waals surface area contributed by atoms with E-state index in [0.717, 1.165) is 31.7 Å². The molecule has 0 amide bonds. The monoisotopic (exact) mass is 332 g/mol. The van der Waals surface area contributed by atoms with Crippen LogP contribution in [0.25, 0.3) is 0 Å². The first-order valence-electron chi connectivity index (χ1n) is 9.30. The van der Waals surface area contributed by atoms with E-state index in [-0.39, 0.29) is 5.97 Å². The maximum Gasteiger partial charge on any atom is 0.339 e. The number of pyridine rings is 1. The minimum atomic E-state index is -0.309. The Balaban J connectivity index is 1.48. The molecule has 2 fully saturated rings. The zero-order valence-electron chi connectivity index (χ0n) is 14.6. The van der Waals surface area contributed by atoms with E-state index >= 15 is 0 Å². The third-order valence-electron chi connectivity index (χ3n) is 4.96. The van der Waals surface area contributed by atoms with E-state index in [1.54, 1.807) is 19.2 Å². The van der Waals surface area contributed by atoms with Crippen molar-refractivity contribution in [2.45, 2.75) is 64.1 Å². The summed E-state index contributed by atoms with van der Waals surface area (Å²) in [6.07, 6.45) is 11.1. The smallest absolute Gasteiger partial charge is 0.339 e. The number of esters is 1. The van der Waals surface area contributed by atoms with Crippen molar-refractivity contribution in [3.8, 4) is 0 Å². The molecule has 1 saturated heterocycles. The van der Waals surface area contributed by atoms with E-state index in [0.29, 0.717) is 24.4 Å². The normalized spacial score (nSPS) is 20.1. The Bertz CT molecular complexity index is 518. The molecule has 132 valence electrons. The van der Waals surface area contributed by atoms with Crippen molar-refractivity contribution < 1.29 is 14.3 Å². The lowest BCUT2D eigenvalue weighted by Gasteiger charge is -2.35. The van der Waals surface area contributed by atoms with Crippen LogP contribution in [0.5, 0.6) is 0 Å². The minimum absolute atomic E-state index is 0.309. The van der Waals surface area contributed by atoms with Gasteiger partial charge < -0.3 is 14.4 Å². The molecule has 1 saturated carbocycles. The largest absolute Gasteiger partial charge is 0.462 e. The maximum atomic E-state index is 11.7. The van der Waals surface area contributed by atoms with Crippen LogP contribution in [0.1, 0.15) is 62.2 Å². The van der Waals surface area contributed by atoms with Crippen LogP contribution in [0.4, 0.5) is 5.82 Å². The summed E-state index contributed by atoms with van der Waals surface area (Å²) in [6.45, 7) is 4.11. The van der Waals surface area contributed by atoms with Crippen molar-refractivity contribution in [3.05, 3.63) is 23.9 Å². The van der Waals surface area contributed by atoms with E-state index in [4.69, 9.17) is 9.47 Å². The zero-order chi connectivity index (χ0) is 16.8. The summed E-state index contributed by atoms with van der Waals surface area (Å²) in [7, 11) is 0. The van der Waals surface area contributed by atoms with Crippen LogP contribution in [0.2, 0.25) is 0 Å². The van der Waals surface area contributed by atoms with Gasteiger partial charge in [-0.15, -0.1) is 0 Å². The summed E-state index contributed by atoms with van der Waals surface area (Å²) in [5.41, 5.74) is 0.510. The lowest BCUT2D eigenvalue weighted by atomic mass is 9.97. The summed E-state index contributed by atoms with van der Waals surface area (Å²) < 4.78 is 11.3. The quantitative estimate of drug-likeness (QED) is 0.772. The van der Waals surface area contributed by atoms with Crippen LogP contribution in [0.15, 0.2) is 18.3 Å². The van der Waals surface area contributed by atoms with Crippen molar-refractivity contribution in [1.82, 2.24) is 4.98 Å². The van der Waals surface area contributed by atoms with E-state index in [1.807, 2.05) is 6.07 Å². The van der Waals surface area contributed by atoms with E-state index in [2.05, 4.69) is 9.88 Å². The van der Waals surface area contributed by atoms with Gasteiger partial charge in [0.25, 0.3) is 0 Å². The number of nitrogens with zero attached hydrogens (tertiary/aromatic N) is 2. The summed E-state index contributed by atoms with van der Waals surface area (Å²) in [6, 6.07) is 3.71. The van der Waals surface area contributed by atoms with Gasteiger partial charge in [-0.25, -0.2) is 9.78 Å². The summed E-state index contributed by atoms with van der Waals surface area (Å²) in [5.74, 6) is 0.621. The van der Waals surface area contributed by atoms with E-state index in [1.165, 1.54) is 32.1 Å². The molecule has 0 N–H and O–H groups in total. The molecule has 5 nitrogen and oxygen atoms in total. The number of carbonyl (C=O) groups is 1. The van der Waals surface area contributed by atoms with Gasteiger partial charge in [-0.05, 0) is 44.7 Å². The molecule has 1 aromatic rings. The molecule has 24 heavy (non-hydrogen) atoms. The van der Waals surface area contributed by atoms with Crippen LogP contribution >= 0.6 is 0 Å². The zero-order valence-corrected chi connectivity index (χ0v) is 14.6. The Morgan fingerprint density at radius 1 is 1.12 bits per heavy atom. The summed E-state index contributed by atoms with van der Waals surface area (Å²) in [4.78, 5) is 18.4. The van der Waals surface area contributed by atoms with Gasteiger partial charge in [0.05, 0.1) is 24.4 Å². The van der Waals surface area contributed by atoms with Crippen LogP contribution < -0.4 is 4.90 Å². The fourth-order valence-corrected chi connectivity index (χ4v) is 3.60. The van der Waals surface area contributed by atoms with Gasteiger partial charge in [-0.3, -0.25) is 0 Å². The maximum absolute atomic E-state index is 11.7. The Kier molecular flexibility index (Phi) is 6.07. The van der Waals surface area contributed by atoms with Gasteiger partial charge in [-0.2, -0.15) is 0 Å². The van der Waals surface area contributed by atoms with Crippen LogP contribution in [-0.2, 0) is 9.47 Å². The number of aromatic nitrogens is 1. The van der Waals surface area contributed by atoms with E-state index in [9.17, 15) is 4.79 Å². The molecule has 0 spiro atoms. The molecule has 0 bridgehead atoms. The number of ether oxygens (including phenoxy) is 2. The van der Waals surface area contributed by atoms with Crippen LogP contribution in [-0.4, -0.2) is 42.9 Å². The lowest BCUT2D eigenvalue weighted by Crippen LogP contribution is -2.39. The van der Waals surface area contributed by atoms with Gasteiger partial charge in [0, 0.05) is 19.3 Å². The topological polar surface area (TPSA) is 51.7 Å². The highest BCUT2D eigenvalue weighted by Gasteiger charge is 2.24. The van der Waals surface area contributed by atoms with E-state index < -0.39 is 0 Å². The Morgan fingerprint density at radius 2 is 1.83 bits per heavy atom. The molecule has 2 heterocycles. The summed E-state index contributed by atoms with van der Waals surface area (Å²) >= 11 is 0. The first kappa shape index (κ1) is 17.2. The van der Waals surface area contributed by atoms with Gasteiger partial charge in [-0.1, -0.05) is 19.3 Å². The highest BCUT2D eigenvalue weighted by Crippen LogP contribution is 2.26. The Labute approximate surface area is 144 Å². The Morgan fingerprint density at radius 3 is 2.46 bits per heavy atom. The number of anilines is 1. The third-order valence-corrected chi connectivity index (χ3v) is 4.96. The number of hydrogen-bond donors (Lipinski definition) is 0. The van der Waals surface area contributed by atoms with Crippen molar-refractivity contribution >= 4 is 11.8 Å². The Hall–Kier alpha value is -1.62. The van der Waals surface area contributed by atoms with Crippen molar-refractivity contribution in [1.29, 1.82) is 0 Å². The molecular weight excluding hydrogens is 304 g/mol. The fraction of sp³-hybridized carbons (Fsp3) is 0.684. The molecule has 0 radical (unpaired) electrons. The van der Waals surface area contributed by atoms with Crippen molar-refractivity contribution in [2.75, 3.05) is 24.6 Å². The van der Waals surface area contributed by atoms with Crippen molar-refractivity contribution in [3.63, 3.8) is 0 Å². The molecule has 0 unspecified atom stereocenters. The minimum Gasteiger partial charge on any atom is -0.462 e. The molecule has 0 aromatic carbocycles. The second-order valence-corrected chi connectivity index (χ2v) is 6.71. The predicted molar refractivity (Wildman–Crippen MR) is 93.4 cm³/mol. The average molecular weight is 332 g/mol. The number of piperidine rings is 1. The molecule has 5 heteroatoms. The van der Waals surface area contributed by atoms with Crippen molar-refractivity contribution in [2.24, 2.45) is 0 Å². The molecule has 1 aliphatic carbocycles. The highest BCUT2D eigenvalue weighted by atomic mass is 16.5. The van der Waals surface area contributed by atoms with Gasteiger partial charge in [0.1, 0.15) is 5.82 Å². The predicted octanol–water partition coefficient (Wildman–Crippen LogP) is 3.58.